The first kappa shape index (κ1) is 12.5. The summed E-state index contributed by atoms with van der Waals surface area (Å²) < 4.78 is 5.50. The zero-order valence-electron chi connectivity index (χ0n) is 10.5. The molecule has 1 spiro atoms. The summed E-state index contributed by atoms with van der Waals surface area (Å²) in [6.45, 7) is 4.81. The Labute approximate surface area is 100.0 Å². The molecule has 0 saturated heterocycles. The second-order valence-electron chi connectivity index (χ2n) is 5.44. The average molecular weight is 242 g/mol. The van der Waals surface area contributed by atoms with E-state index in [1.807, 2.05) is 6.92 Å². The van der Waals surface area contributed by atoms with E-state index in [0.717, 1.165) is 19.4 Å². The molecule has 2 rings (SSSR count). The first-order chi connectivity index (χ1) is 7.65. The van der Waals surface area contributed by atoms with Gasteiger partial charge in [-0.2, -0.15) is 0 Å². The van der Waals surface area contributed by atoms with Gasteiger partial charge in [-0.1, -0.05) is 0 Å². The van der Waals surface area contributed by atoms with E-state index >= 15 is 0 Å². The van der Waals surface area contributed by atoms with E-state index in [1.54, 1.807) is 0 Å². The number of hydrogen-bond acceptors (Lipinski definition) is 2. The molecule has 0 aromatic heterocycles. The first-order valence-electron chi connectivity index (χ1n) is 6.52. The maximum atomic E-state index is 12.1. The van der Waals surface area contributed by atoms with Gasteiger partial charge in [0.05, 0.1) is 6.16 Å². The van der Waals surface area contributed by atoms with Crippen LogP contribution in [-0.2, 0) is 9.32 Å². The summed E-state index contributed by atoms with van der Waals surface area (Å²) in [7, 11) is -0.503. The molecule has 16 heavy (non-hydrogen) atoms. The Balaban J connectivity index is 1.73. The van der Waals surface area contributed by atoms with Crippen LogP contribution < -0.4 is 0 Å². The molecule has 0 radical (unpaired) electrons. The lowest BCUT2D eigenvalue weighted by Gasteiger charge is -2.28. The molecule has 2 fully saturated rings. The number of rotatable bonds is 5. The van der Waals surface area contributed by atoms with E-state index in [9.17, 15) is 4.79 Å². The van der Waals surface area contributed by atoms with Crippen LogP contribution in [0.3, 0.4) is 0 Å². The van der Waals surface area contributed by atoms with Crippen LogP contribution in [-0.4, -0.2) is 25.2 Å². The molecule has 2 aliphatic rings. The van der Waals surface area contributed by atoms with E-state index in [2.05, 4.69) is 6.66 Å². The van der Waals surface area contributed by atoms with Gasteiger partial charge in [0.2, 0.25) is 0 Å². The van der Waals surface area contributed by atoms with Gasteiger partial charge in [-0.05, 0) is 57.5 Å². The van der Waals surface area contributed by atoms with Gasteiger partial charge in [0.15, 0.2) is 0 Å². The van der Waals surface area contributed by atoms with Gasteiger partial charge in [0.25, 0.3) is 0 Å². The lowest BCUT2D eigenvalue weighted by molar-refractivity contribution is -0.121. The Bertz CT molecular complexity index is 251. The molecule has 0 amide bonds. The first-order valence-corrected chi connectivity index (χ1v) is 8.41. The molecular weight excluding hydrogens is 219 g/mol. The maximum absolute atomic E-state index is 12.1. The van der Waals surface area contributed by atoms with Gasteiger partial charge in [0.1, 0.15) is 5.78 Å². The largest absolute Gasteiger partial charge is 0.359 e. The Morgan fingerprint density at radius 1 is 1.31 bits per heavy atom. The summed E-state index contributed by atoms with van der Waals surface area (Å²) in [5, 5.41) is 0. The summed E-state index contributed by atoms with van der Waals surface area (Å²) in [4.78, 5) is 12.1. The van der Waals surface area contributed by atoms with Gasteiger partial charge in [-0.25, -0.2) is 0 Å². The quantitative estimate of drug-likeness (QED) is 0.689. The van der Waals surface area contributed by atoms with Crippen LogP contribution in [0.1, 0.15) is 45.4 Å². The van der Waals surface area contributed by atoms with Gasteiger partial charge in [-0.15, -0.1) is 0 Å². The third-order valence-corrected chi connectivity index (χ3v) is 5.64. The fourth-order valence-electron chi connectivity index (χ4n) is 2.84. The monoisotopic (exact) mass is 242 g/mol. The van der Waals surface area contributed by atoms with Crippen molar-refractivity contribution in [3.63, 3.8) is 0 Å². The van der Waals surface area contributed by atoms with E-state index in [-0.39, 0.29) is 0 Å². The van der Waals surface area contributed by atoms with Crippen LogP contribution in [0.15, 0.2) is 0 Å². The SMILES string of the molecule is CCOP(C)CC(=O)C1CCC2(CC1)CC2. The summed E-state index contributed by atoms with van der Waals surface area (Å²) in [6.07, 6.45) is 8.43. The summed E-state index contributed by atoms with van der Waals surface area (Å²) >= 11 is 0. The van der Waals surface area contributed by atoms with E-state index in [0.29, 0.717) is 23.3 Å². The van der Waals surface area contributed by atoms with Crippen molar-refractivity contribution in [2.24, 2.45) is 11.3 Å². The molecule has 2 nitrogen and oxygen atoms in total. The predicted octanol–water partition coefficient (Wildman–Crippen LogP) is 3.59. The minimum Gasteiger partial charge on any atom is -0.359 e. The van der Waals surface area contributed by atoms with Crippen LogP contribution in [0, 0.1) is 11.3 Å². The smallest absolute Gasteiger partial charge is 0.142 e. The molecule has 1 unspecified atom stereocenters. The zero-order valence-corrected chi connectivity index (χ0v) is 11.4. The average Bonchev–Trinajstić information content (AvgIpc) is 2.99. The molecule has 0 aromatic carbocycles. The Kier molecular flexibility index (Phi) is 4.02. The fraction of sp³-hybridized carbons (Fsp3) is 0.923. The zero-order chi connectivity index (χ0) is 11.6. The van der Waals surface area contributed by atoms with Gasteiger partial charge >= 0.3 is 0 Å². The predicted molar refractivity (Wildman–Crippen MR) is 68.0 cm³/mol. The second-order valence-corrected chi connectivity index (χ2v) is 7.27. The number of carbonyl (C=O) groups excluding carboxylic acids is 1. The van der Waals surface area contributed by atoms with E-state index < -0.39 is 8.15 Å². The molecule has 2 saturated carbocycles. The van der Waals surface area contributed by atoms with Crippen LogP contribution >= 0.6 is 8.15 Å². The Hall–Kier alpha value is 0.0600. The molecule has 2 aliphatic carbocycles. The third-order valence-electron chi connectivity index (χ3n) is 4.19. The summed E-state index contributed by atoms with van der Waals surface area (Å²) in [6, 6.07) is 0. The van der Waals surface area contributed by atoms with E-state index in [1.165, 1.54) is 25.7 Å². The van der Waals surface area contributed by atoms with Crippen molar-refractivity contribution in [3.05, 3.63) is 0 Å². The van der Waals surface area contributed by atoms with Crippen molar-refractivity contribution in [1.29, 1.82) is 0 Å². The highest BCUT2D eigenvalue weighted by Crippen LogP contribution is 2.57. The number of carbonyl (C=O) groups is 1. The third kappa shape index (κ3) is 3.05. The minimum absolute atomic E-state index is 0.358. The van der Waals surface area contributed by atoms with Crippen LogP contribution in [0.5, 0.6) is 0 Å². The van der Waals surface area contributed by atoms with Crippen LogP contribution in [0.2, 0.25) is 0 Å². The lowest BCUT2D eigenvalue weighted by Crippen LogP contribution is -2.24. The van der Waals surface area contributed by atoms with Crippen LogP contribution in [0.4, 0.5) is 0 Å². The van der Waals surface area contributed by atoms with Gasteiger partial charge in [-0.3, -0.25) is 4.79 Å². The molecule has 0 heterocycles. The van der Waals surface area contributed by atoms with Crippen LogP contribution in [0.25, 0.3) is 0 Å². The summed E-state index contributed by atoms with van der Waals surface area (Å²) in [5.74, 6) is 0.828. The highest BCUT2D eigenvalue weighted by Gasteiger charge is 2.45. The number of ketones is 1. The topological polar surface area (TPSA) is 26.3 Å². The standard InChI is InChI=1S/C13H23O2P/c1-3-15-16(2)10-12(14)11-4-6-13(7-5-11)8-9-13/h11H,3-10H2,1-2H3. The van der Waals surface area contributed by atoms with Crippen molar-refractivity contribution >= 4 is 13.9 Å². The molecule has 3 heteroatoms. The minimum atomic E-state index is -0.503. The Morgan fingerprint density at radius 2 is 1.94 bits per heavy atom. The highest BCUT2D eigenvalue weighted by atomic mass is 31.1. The molecular formula is C13H23O2P. The van der Waals surface area contributed by atoms with Crippen molar-refractivity contribution in [3.8, 4) is 0 Å². The van der Waals surface area contributed by atoms with E-state index in [4.69, 9.17) is 4.52 Å². The van der Waals surface area contributed by atoms with Gasteiger partial charge in [0, 0.05) is 20.7 Å². The molecule has 0 aliphatic heterocycles. The van der Waals surface area contributed by atoms with Gasteiger partial charge < -0.3 is 4.52 Å². The molecule has 0 bridgehead atoms. The van der Waals surface area contributed by atoms with Crippen molar-refractivity contribution in [1.82, 2.24) is 0 Å². The molecule has 92 valence electrons. The lowest BCUT2D eigenvalue weighted by atomic mass is 9.78. The normalized spacial score (nSPS) is 25.6. The Morgan fingerprint density at radius 3 is 2.44 bits per heavy atom. The van der Waals surface area contributed by atoms with Crippen molar-refractivity contribution in [2.45, 2.75) is 45.4 Å². The molecule has 0 N–H and O–H groups in total. The molecule has 0 aromatic rings. The van der Waals surface area contributed by atoms with Crippen molar-refractivity contribution < 1.29 is 9.32 Å². The number of hydrogen-bond donors (Lipinski definition) is 0. The maximum Gasteiger partial charge on any atom is 0.142 e. The second kappa shape index (κ2) is 5.14. The number of Topliss-reactive ketones (excluding diaryl/α,β-unsaturated/α-hetero) is 1. The summed E-state index contributed by atoms with van der Waals surface area (Å²) in [5.41, 5.74) is 0.702. The highest BCUT2D eigenvalue weighted by molar-refractivity contribution is 7.52. The molecule has 1 atom stereocenters. The van der Waals surface area contributed by atoms with Crippen molar-refractivity contribution in [2.75, 3.05) is 19.4 Å². The fourth-order valence-corrected chi connectivity index (χ4v) is 4.07.